The van der Waals surface area contributed by atoms with E-state index in [9.17, 15) is 19.2 Å². The Morgan fingerprint density at radius 2 is 1.47 bits per heavy atom. The molecule has 0 aromatic heterocycles. The third-order valence-corrected chi connectivity index (χ3v) is 5.41. The van der Waals surface area contributed by atoms with Gasteiger partial charge in [0.1, 0.15) is 11.5 Å². The van der Waals surface area contributed by atoms with Gasteiger partial charge in [0.05, 0.1) is 31.9 Å². The second kappa shape index (κ2) is 14.1. The number of aliphatic imine (C=N–C) groups is 1. The van der Waals surface area contributed by atoms with E-state index in [4.69, 9.17) is 26.7 Å². The molecule has 38 heavy (non-hydrogen) atoms. The summed E-state index contributed by atoms with van der Waals surface area (Å²) >= 11 is 0. The van der Waals surface area contributed by atoms with Gasteiger partial charge in [-0.1, -0.05) is 6.92 Å². The Kier molecular flexibility index (Phi) is 10.9. The van der Waals surface area contributed by atoms with Crippen LogP contribution >= 0.6 is 0 Å². The van der Waals surface area contributed by atoms with E-state index < -0.39 is 17.7 Å². The van der Waals surface area contributed by atoms with Crippen molar-refractivity contribution in [1.82, 2.24) is 5.32 Å². The van der Waals surface area contributed by atoms with Crippen molar-refractivity contribution in [2.24, 2.45) is 28.1 Å². The number of nitrogens with one attached hydrogen (secondary N) is 3. The molecule has 0 heterocycles. The van der Waals surface area contributed by atoms with Gasteiger partial charge in [0.25, 0.3) is 11.8 Å². The van der Waals surface area contributed by atoms with Crippen LogP contribution in [0.25, 0.3) is 0 Å². The second-order valence-corrected chi connectivity index (χ2v) is 8.26. The van der Waals surface area contributed by atoms with Crippen molar-refractivity contribution < 1.29 is 28.7 Å². The maximum Gasteiger partial charge on any atom is 0.255 e. The molecule has 0 saturated carbocycles. The fourth-order valence-electron chi connectivity index (χ4n) is 3.40. The minimum Gasteiger partial charge on any atom is -0.496 e. The summed E-state index contributed by atoms with van der Waals surface area (Å²) < 4.78 is 10.3. The molecule has 0 fully saturated rings. The average Bonchev–Trinajstić information content (AvgIpc) is 2.89. The van der Waals surface area contributed by atoms with Crippen LogP contribution in [0.3, 0.4) is 0 Å². The summed E-state index contributed by atoms with van der Waals surface area (Å²) in [5.41, 5.74) is 16.8. The number of primary amides is 1. The fraction of sp³-hybridized carbons (Fsp3) is 0.320. The van der Waals surface area contributed by atoms with Gasteiger partial charge < -0.3 is 42.6 Å². The number of hydrogen-bond acceptors (Lipinski definition) is 7. The number of ether oxygens (including phenoxy) is 2. The number of hydrogen-bond donors (Lipinski definition) is 6. The third kappa shape index (κ3) is 8.69. The highest BCUT2D eigenvalue weighted by molar-refractivity contribution is 6.03. The van der Waals surface area contributed by atoms with Crippen molar-refractivity contribution in [3.63, 3.8) is 0 Å². The topological polar surface area (TPSA) is 213 Å². The summed E-state index contributed by atoms with van der Waals surface area (Å²) in [6.45, 7) is 1.82. The monoisotopic (exact) mass is 527 g/mol. The normalized spacial score (nSPS) is 11.0. The van der Waals surface area contributed by atoms with Gasteiger partial charge in [-0.05, 0) is 49.2 Å². The summed E-state index contributed by atoms with van der Waals surface area (Å²) in [5, 5.41) is 7.85. The smallest absolute Gasteiger partial charge is 0.255 e. The number of rotatable bonds is 13. The molecule has 0 unspecified atom stereocenters. The number of carbonyl (C=O) groups is 4. The Bertz CT molecular complexity index is 1210. The van der Waals surface area contributed by atoms with Crippen LogP contribution in [0.15, 0.2) is 41.4 Å². The van der Waals surface area contributed by atoms with Crippen molar-refractivity contribution >= 4 is 41.0 Å². The van der Waals surface area contributed by atoms with Crippen molar-refractivity contribution in [3.8, 4) is 11.5 Å². The lowest BCUT2D eigenvalue weighted by Crippen LogP contribution is -2.33. The predicted molar refractivity (Wildman–Crippen MR) is 143 cm³/mol. The number of amides is 4. The molecule has 13 nitrogen and oxygen atoms in total. The number of anilines is 2. The van der Waals surface area contributed by atoms with Crippen LogP contribution < -0.4 is 42.6 Å². The lowest BCUT2D eigenvalue weighted by molar-refractivity contribution is -0.119. The van der Waals surface area contributed by atoms with E-state index in [0.29, 0.717) is 30.8 Å². The largest absolute Gasteiger partial charge is 0.496 e. The Hall–Kier alpha value is -4.81. The zero-order valence-electron chi connectivity index (χ0n) is 21.5. The van der Waals surface area contributed by atoms with Crippen LogP contribution in [0, 0.1) is 5.92 Å². The zero-order chi connectivity index (χ0) is 28.2. The molecular weight excluding hydrogens is 494 g/mol. The molecule has 2 aromatic rings. The molecule has 2 aromatic carbocycles. The lowest BCUT2D eigenvalue weighted by Gasteiger charge is -2.14. The lowest BCUT2D eigenvalue weighted by atomic mass is 10.0. The van der Waals surface area contributed by atoms with Gasteiger partial charge in [-0.15, -0.1) is 0 Å². The molecule has 0 aliphatic carbocycles. The minimum atomic E-state index is -0.717. The number of guanidine groups is 1. The van der Waals surface area contributed by atoms with Crippen molar-refractivity contribution in [2.75, 3.05) is 37.9 Å². The van der Waals surface area contributed by atoms with Crippen LogP contribution in [-0.2, 0) is 9.59 Å². The molecule has 204 valence electrons. The first kappa shape index (κ1) is 29.4. The maximum absolute atomic E-state index is 12.8. The molecule has 13 heteroatoms. The van der Waals surface area contributed by atoms with Crippen LogP contribution in [0.5, 0.6) is 11.5 Å². The van der Waals surface area contributed by atoms with Crippen LogP contribution in [0.2, 0.25) is 0 Å². The molecule has 4 amide bonds. The molecule has 0 saturated heterocycles. The Balaban J connectivity index is 2.00. The van der Waals surface area contributed by atoms with Gasteiger partial charge in [-0.2, -0.15) is 0 Å². The zero-order valence-corrected chi connectivity index (χ0v) is 21.5. The predicted octanol–water partition coefficient (Wildman–Crippen LogP) is 0.799. The Morgan fingerprint density at radius 1 is 0.895 bits per heavy atom. The highest BCUT2D eigenvalue weighted by Gasteiger charge is 2.18. The van der Waals surface area contributed by atoms with Crippen LogP contribution in [-0.4, -0.2) is 56.9 Å². The van der Waals surface area contributed by atoms with Gasteiger partial charge in [0.15, 0.2) is 5.96 Å². The first-order chi connectivity index (χ1) is 18.0. The number of nitrogens with zero attached hydrogens (tertiary/aromatic N) is 1. The van der Waals surface area contributed by atoms with Crippen LogP contribution in [0.4, 0.5) is 11.4 Å². The minimum absolute atomic E-state index is 0.00146. The molecule has 0 radical (unpaired) electrons. The number of carbonyl (C=O) groups excluding carboxylic acids is 4. The van der Waals surface area contributed by atoms with E-state index in [1.54, 1.807) is 13.0 Å². The first-order valence-electron chi connectivity index (χ1n) is 11.7. The summed E-state index contributed by atoms with van der Waals surface area (Å²) in [6, 6.07) is 8.99. The third-order valence-electron chi connectivity index (χ3n) is 5.41. The van der Waals surface area contributed by atoms with Crippen molar-refractivity contribution in [1.29, 1.82) is 0 Å². The standard InChI is InChI=1S/C25H33N7O6/c1-14(5-4-10-29-25(27)28)23(35)32-16-7-9-20(38-3)18(12-16)24(36)30-13-21(33)31-15-6-8-19(37-2)17(11-15)22(26)34/h6-9,11-12,14H,4-5,10,13H2,1-3H3,(H2,26,34)(H,30,36)(H,31,33)(H,32,35)(H4,27,28,29)/t14-/m1/s1. The number of nitrogens with two attached hydrogens (primary N) is 3. The van der Waals surface area contributed by atoms with E-state index in [-0.39, 0.29) is 47.0 Å². The molecule has 0 spiro atoms. The summed E-state index contributed by atoms with van der Waals surface area (Å²) in [4.78, 5) is 53.2. The van der Waals surface area contributed by atoms with E-state index in [0.717, 1.165) is 0 Å². The molecule has 0 bridgehead atoms. The highest BCUT2D eigenvalue weighted by Crippen LogP contribution is 2.24. The van der Waals surface area contributed by atoms with Crippen molar-refractivity contribution in [3.05, 3.63) is 47.5 Å². The molecular formula is C25H33N7O6. The van der Waals surface area contributed by atoms with E-state index in [2.05, 4.69) is 20.9 Å². The molecule has 9 N–H and O–H groups in total. The Labute approximate surface area is 220 Å². The maximum atomic E-state index is 12.8. The SMILES string of the molecule is COc1ccc(NC(=O)CNC(=O)c2cc(NC(=O)[C@H](C)CCCN=C(N)N)ccc2OC)cc1C(N)=O. The molecule has 0 aliphatic heterocycles. The summed E-state index contributed by atoms with van der Waals surface area (Å²) in [5.74, 6) is -1.88. The van der Waals surface area contributed by atoms with Gasteiger partial charge in [-0.3, -0.25) is 24.2 Å². The number of benzene rings is 2. The van der Waals surface area contributed by atoms with Gasteiger partial charge in [0, 0.05) is 23.8 Å². The van der Waals surface area contributed by atoms with E-state index >= 15 is 0 Å². The fourth-order valence-corrected chi connectivity index (χ4v) is 3.40. The first-order valence-corrected chi connectivity index (χ1v) is 11.7. The number of methoxy groups -OCH3 is 2. The van der Waals surface area contributed by atoms with Gasteiger partial charge in [-0.25, -0.2) is 0 Å². The van der Waals surface area contributed by atoms with Crippen LogP contribution in [0.1, 0.15) is 40.5 Å². The van der Waals surface area contributed by atoms with E-state index in [1.807, 2.05) is 0 Å². The second-order valence-electron chi connectivity index (χ2n) is 8.26. The molecule has 1 atom stereocenters. The molecule has 0 aliphatic rings. The van der Waals surface area contributed by atoms with Gasteiger partial charge in [0.2, 0.25) is 11.8 Å². The van der Waals surface area contributed by atoms with Gasteiger partial charge >= 0.3 is 0 Å². The van der Waals surface area contributed by atoms with Crippen molar-refractivity contribution in [2.45, 2.75) is 19.8 Å². The Morgan fingerprint density at radius 3 is 2.05 bits per heavy atom. The van der Waals surface area contributed by atoms with E-state index in [1.165, 1.54) is 44.6 Å². The average molecular weight is 528 g/mol. The molecule has 2 rings (SSSR count). The highest BCUT2D eigenvalue weighted by atomic mass is 16.5. The summed E-state index contributed by atoms with van der Waals surface area (Å²) in [7, 11) is 2.79. The summed E-state index contributed by atoms with van der Waals surface area (Å²) in [6.07, 6.45) is 1.20. The quantitative estimate of drug-likeness (QED) is 0.124.